The molecule has 1 aliphatic carbocycles. The van der Waals surface area contributed by atoms with Crippen molar-refractivity contribution < 1.29 is 55.5 Å². The van der Waals surface area contributed by atoms with E-state index in [4.69, 9.17) is 4.99 Å². The largest absolute Gasteiger partial charge is 0.372 e. The number of fused-ring (bicyclic) bond motifs is 1. The maximum atomic E-state index is 13.4. The molecule has 0 atom stereocenters. The molecule has 1 heterocycles. The quantitative estimate of drug-likeness (QED) is 0.0552. The summed E-state index contributed by atoms with van der Waals surface area (Å²) in [6, 6.07) is 25.7. The summed E-state index contributed by atoms with van der Waals surface area (Å²) < 4.78 is 105. The predicted octanol–water partition coefficient (Wildman–Crippen LogP) is 6.23. The standard InChI is InChI=1S/C38H43N5O9S6.Cu/c1-30-29-31(20-21-35(30)40-36-22-23-37(44)38-34(36)19-14-24-39-38)41(25-10-12-27-57(49,50)42(55(2,45)46)53-32-15-6-4-7-16-32)26-11-13-28-58(51,52)43(56(3,47)48)54-33-17-8-5-9-18-33;/h4-9,14-24,29H,10-13,25-28H2,1-3H3;. The maximum absolute atomic E-state index is 13.4. The Morgan fingerprint density at radius 1 is 0.644 bits per heavy atom. The van der Waals surface area contributed by atoms with Gasteiger partial charge in [-0.15, -0.1) is 0 Å². The van der Waals surface area contributed by atoms with Crippen LogP contribution in [0.3, 0.4) is 0 Å². The number of carbonyl (C=O) groups excluding carboxylic acids is 1. The Labute approximate surface area is 366 Å². The van der Waals surface area contributed by atoms with Gasteiger partial charge in [-0.1, -0.05) is 36.4 Å². The van der Waals surface area contributed by atoms with E-state index in [-0.39, 0.29) is 35.7 Å². The van der Waals surface area contributed by atoms with Gasteiger partial charge in [0.1, 0.15) is 5.69 Å². The monoisotopic (exact) mass is 968 g/mol. The van der Waals surface area contributed by atoms with Crippen LogP contribution in [0.1, 0.15) is 47.3 Å². The number of carbonyl (C=O) groups is 1. The van der Waals surface area contributed by atoms with Crippen LogP contribution in [0.5, 0.6) is 0 Å². The summed E-state index contributed by atoms with van der Waals surface area (Å²) in [5.74, 6) is -1.08. The molecule has 1 aromatic heterocycles. The van der Waals surface area contributed by atoms with E-state index in [9.17, 15) is 38.5 Å². The summed E-state index contributed by atoms with van der Waals surface area (Å²) in [6.07, 6.45) is 7.22. The fourth-order valence-corrected chi connectivity index (χ4v) is 15.4. The molecule has 321 valence electrons. The van der Waals surface area contributed by atoms with Gasteiger partial charge >= 0.3 is 0 Å². The number of ketones is 1. The molecule has 0 aliphatic heterocycles. The van der Waals surface area contributed by atoms with Gasteiger partial charge in [-0.05, 0) is 135 Å². The number of pyridine rings is 1. The van der Waals surface area contributed by atoms with E-state index >= 15 is 0 Å². The van der Waals surface area contributed by atoms with Crippen molar-refractivity contribution in [2.75, 3.05) is 42.0 Å². The van der Waals surface area contributed by atoms with E-state index < -0.39 is 51.6 Å². The molecule has 3 aromatic carbocycles. The molecular weight excluding hydrogens is 926 g/mol. The molecule has 5 rings (SSSR count). The van der Waals surface area contributed by atoms with Crippen molar-refractivity contribution in [1.29, 1.82) is 0 Å². The molecule has 1 aliphatic rings. The van der Waals surface area contributed by atoms with Gasteiger partial charge < -0.3 is 4.90 Å². The SMILES string of the molecule is Cc1cc(N(CCCCS(=O)(=O)N(Sc2ccccc2)S(C)(=O)=O)CCCCS(=O)(=O)N(Sc2ccccc2)S(C)(=O)=O)ccc1N=C1C=CC(=O)c2ncccc21.[Cu]. The molecular formula is C38H43CuN5O9S6. The van der Waals surface area contributed by atoms with Crippen molar-refractivity contribution in [2.24, 2.45) is 4.99 Å². The summed E-state index contributed by atoms with van der Waals surface area (Å²) in [7, 11) is -16.8. The summed E-state index contributed by atoms with van der Waals surface area (Å²) in [4.78, 5) is 24.2. The Morgan fingerprint density at radius 3 is 1.63 bits per heavy atom. The second kappa shape index (κ2) is 20.9. The minimum absolute atomic E-state index is 0. The molecule has 0 spiro atoms. The van der Waals surface area contributed by atoms with Crippen LogP contribution in [-0.4, -0.2) is 93.5 Å². The summed E-state index contributed by atoms with van der Waals surface area (Å²) in [5, 5.41) is 0. The van der Waals surface area contributed by atoms with Crippen LogP contribution in [0, 0.1) is 6.92 Å². The van der Waals surface area contributed by atoms with Gasteiger partial charge in [0.25, 0.3) is 0 Å². The van der Waals surface area contributed by atoms with E-state index in [0.29, 0.717) is 88.5 Å². The molecule has 4 aromatic rings. The van der Waals surface area contributed by atoms with Gasteiger partial charge in [0.2, 0.25) is 45.9 Å². The fourth-order valence-electron chi connectivity index (χ4n) is 5.81. The van der Waals surface area contributed by atoms with Gasteiger partial charge in [-0.2, -0.15) is 0 Å². The molecule has 0 bridgehead atoms. The van der Waals surface area contributed by atoms with Crippen LogP contribution in [0.2, 0.25) is 0 Å². The summed E-state index contributed by atoms with van der Waals surface area (Å²) in [6.45, 7) is 2.55. The minimum Gasteiger partial charge on any atom is -0.372 e. The van der Waals surface area contributed by atoms with E-state index in [2.05, 4.69) is 4.98 Å². The number of allylic oxidation sites excluding steroid dienone is 2. The van der Waals surface area contributed by atoms with Gasteiger partial charge in [-0.3, -0.25) is 9.78 Å². The van der Waals surface area contributed by atoms with Crippen LogP contribution >= 0.6 is 23.9 Å². The predicted molar refractivity (Wildman–Crippen MR) is 231 cm³/mol. The maximum Gasteiger partial charge on any atom is 0.237 e. The number of sulfonamides is 4. The van der Waals surface area contributed by atoms with E-state index in [1.54, 1.807) is 85.1 Å². The van der Waals surface area contributed by atoms with E-state index in [1.807, 2.05) is 30.0 Å². The van der Waals surface area contributed by atoms with Crippen LogP contribution in [0.15, 0.2) is 124 Å². The summed E-state index contributed by atoms with van der Waals surface area (Å²) in [5.41, 5.74) is 3.67. The number of aromatic nitrogens is 1. The van der Waals surface area contributed by atoms with Gasteiger partial charge in [0.05, 0.1) is 35.4 Å². The van der Waals surface area contributed by atoms with E-state index in [0.717, 1.165) is 23.8 Å². The number of hydrogen-bond acceptors (Lipinski definition) is 14. The third kappa shape index (κ3) is 13.6. The Kier molecular flexibility index (Phi) is 17.1. The number of aliphatic imine (C=N–C) groups is 1. The van der Waals surface area contributed by atoms with Crippen molar-refractivity contribution in [3.8, 4) is 0 Å². The zero-order chi connectivity index (χ0) is 42.1. The molecule has 0 saturated heterocycles. The Bertz CT molecular complexity index is 2500. The molecule has 14 nitrogen and oxygen atoms in total. The fraction of sp³-hybridized carbons (Fsp3) is 0.289. The molecule has 0 fully saturated rings. The third-order valence-corrected chi connectivity index (χ3v) is 20.2. The first kappa shape index (κ1) is 48.3. The Morgan fingerprint density at radius 2 is 1.15 bits per heavy atom. The van der Waals surface area contributed by atoms with Crippen molar-refractivity contribution in [1.82, 2.24) is 11.2 Å². The van der Waals surface area contributed by atoms with Gasteiger partial charge in [0.15, 0.2) is 0 Å². The number of hydrogen-bond donors (Lipinski definition) is 0. The normalized spacial score (nSPS) is 14.1. The molecule has 0 N–H and O–H groups in total. The molecule has 0 amide bonds. The molecule has 1 radical (unpaired) electrons. The topological polar surface area (TPSA) is 189 Å². The first-order chi connectivity index (χ1) is 27.3. The first-order valence-electron chi connectivity index (χ1n) is 17.9. The third-order valence-electron chi connectivity index (χ3n) is 8.50. The molecule has 0 unspecified atom stereocenters. The number of anilines is 1. The van der Waals surface area contributed by atoms with Crippen LogP contribution < -0.4 is 4.90 Å². The summed E-state index contributed by atoms with van der Waals surface area (Å²) >= 11 is 1.23. The zero-order valence-electron chi connectivity index (χ0n) is 32.2. The van der Waals surface area contributed by atoms with Crippen LogP contribution in [-0.2, 0) is 57.2 Å². The number of unbranched alkanes of at least 4 members (excludes halogenated alkanes) is 2. The van der Waals surface area contributed by atoms with Crippen molar-refractivity contribution in [3.63, 3.8) is 0 Å². The minimum atomic E-state index is -4.25. The van der Waals surface area contributed by atoms with Crippen LogP contribution in [0.4, 0.5) is 11.4 Å². The van der Waals surface area contributed by atoms with Crippen molar-refractivity contribution in [3.05, 3.63) is 126 Å². The number of aryl methyl sites for hydroxylation is 1. The average molecular weight is 970 g/mol. The first-order valence-corrected chi connectivity index (χ1v) is 26.4. The van der Waals surface area contributed by atoms with Crippen LogP contribution in [0.25, 0.3) is 0 Å². The van der Waals surface area contributed by atoms with Crippen molar-refractivity contribution in [2.45, 2.75) is 42.4 Å². The second-order valence-corrected chi connectivity index (χ2v) is 24.2. The average Bonchev–Trinajstić information content (AvgIpc) is 3.17. The number of rotatable bonds is 20. The van der Waals surface area contributed by atoms with Crippen molar-refractivity contribution >= 4 is 86.9 Å². The second-order valence-electron chi connectivity index (χ2n) is 13.3. The van der Waals surface area contributed by atoms with Gasteiger partial charge in [0, 0.05) is 57.4 Å². The molecule has 21 heteroatoms. The zero-order valence-corrected chi connectivity index (χ0v) is 38.1. The molecule has 59 heavy (non-hydrogen) atoms. The van der Waals surface area contributed by atoms with Gasteiger partial charge in [-0.25, -0.2) is 38.7 Å². The Balaban J connectivity index is 0.00000769. The Hall–Kier alpha value is -3.37. The molecule has 0 saturated carbocycles. The number of nitrogens with zero attached hydrogens (tertiary/aromatic N) is 5. The van der Waals surface area contributed by atoms with E-state index in [1.165, 1.54) is 6.08 Å². The smallest absolute Gasteiger partial charge is 0.237 e. The number of benzene rings is 3.